The molecule has 2 amide bonds. The highest BCUT2D eigenvalue weighted by molar-refractivity contribution is 6.08. The summed E-state index contributed by atoms with van der Waals surface area (Å²) in [6, 6.07) is 23.9. The maximum absolute atomic E-state index is 13.6. The van der Waals surface area contributed by atoms with Crippen molar-refractivity contribution in [2.45, 2.75) is 18.8 Å². The molecule has 158 valence electrons. The minimum absolute atomic E-state index is 0.121. The fourth-order valence-corrected chi connectivity index (χ4v) is 5.77. The predicted octanol–water partition coefficient (Wildman–Crippen LogP) is 4.31. The van der Waals surface area contributed by atoms with Gasteiger partial charge in [0.25, 0.3) is 11.8 Å². The van der Waals surface area contributed by atoms with Crippen molar-refractivity contribution >= 4 is 18.0 Å². The Morgan fingerprint density at radius 3 is 1.75 bits per heavy atom. The van der Waals surface area contributed by atoms with Crippen LogP contribution in [0.4, 0.5) is 0 Å². The van der Waals surface area contributed by atoms with E-state index in [0.29, 0.717) is 12.4 Å². The van der Waals surface area contributed by atoms with Gasteiger partial charge in [-0.2, -0.15) is 10.1 Å². The van der Waals surface area contributed by atoms with Crippen LogP contribution in [0.2, 0.25) is 0 Å². The summed E-state index contributed by atoms with van der Waals surface area (Å²) in [4.78, 5) is 27.1. The lowest BCUT2D eigenvalue weighted by Gasteiger charge is -2.45. The first kappa shape index (κ1) is 19.0. The summed E-state index contributed by atoms with van der Waals surface area (Å²) in [7, 11) is 0. The van der Waals surface area contributed by atoms with E-state index in [1.807, 2.05) is 55.5 Å². The maximum Gasteiger partial charge on any atom is 0.254 e. The molecule has 1 heterocycles. The van der Waals surface area contributed by atoms with E-state index in [1.165, 1.54) is 0 Å². The topological polar surface area (TPSA) is 59.0 Å². The monoisotopic (exact) mass is 422 g/mol. The number of hydrogen-bond donors (Lipinski definition) is 0. The van der Waals surface area contributed by atoms with Crippen LogP contribution in [0.1, 0.15) is 46.6 Å². The van der Waals surface area contributed by atoms with Crippen LogP contribution in [0.5, 0.6) is 5.75 Å². The number of carbonyl (C=O) groups excluding carboxylic acids is 2. The predicted molar refractivity (Wildman–Crippen MR) is 121 cm³/mol. The van der Waals surface area contributed by atoms with Crippen LogP contribution in [-0.4, -0.2) is 29.6 Å². The van der Waals surface area contributed by atoms with Crippen LogP contribution in [0, 0.1) is 11.8 Å². The van der Waals surface area contributed by atoms with Gasteiger partial charge >= 0.3 is 0 Å². The van der Waals surface area contributed by atoms with Gasteiger partial charge in [0.1, 0.15) is 5.75 Å². The Bertz CT molecular complexity index is 1170. The summed E-state index contributed by atoms with van der Waals surface area (Å²) in [5, 5.41) is 5.47. The number of carbonyl (C=O) groups is 2. The molecule has 0 radical (unpaired) electrons. The van der Waals surface area contributed by atoms with E-state index in [0.717, 1.165) is 32.8 Å². The molecular weight excluding hydrogens is 400 g/mol. The van der Waals surface area contributed by atoms with Gasteiger partial charge in [0, 0.05) is 17.4 Å². The van der Waals surface area contributed by atoms with E-state index < -0.39 is 11.8 Å². The molecule has 5 heteroatoms. The largest absolute Gasteiger partial charge is 0.493 e. The SMILES string of the molecule is CCOc1ccccc1/C=N\N1C(=O)[C@@H]2C3c4ccccc4C(c4ccccc43)[C@H]2C1=O. The number of nitrogens with zero attached hydrogens (tertiary/aromatic N) is 2. The van der Waals surface area contributed by atoms with Gasteiger partial charge in [-0.25, -0.2) is 0 Å². The lowest BCUT2D eigenvalue weighted by molar-refractivity contribution is -0.139. The summed E-state index contributed by atoms with van der Waals surface area (Å²) in [6.07, 6.45) is 1.56. The van der Waals surface area contributed by atoms with Crippen LogP contribution in [0.3, 0.4) is 0 Å². The molecule has 7 rings (SSSR count). The minimum Gasteiger partial charge on any atom is -0.493 e. The number of ether oxygens (including phenoxy) is 1. The number of hydrogen-bond acceptors (Lipinski definition) is 4. The molecule has 2 bridgehead atoms. The molecule has 0 spiro atoms. The molecule has 3 aliphatic carbocycles. The lowest BCUT2D eigenvalue weighted by atomic mass is 9.55. The van der Waals surface area contributed by atoms with Crippen molar-refractivity contribution in [3.63, 3.8) is 0 Å². The normalized spacial score (nSPS) is 25.1. The van der Waals surface area contributed by atoms with Crippen LogP contribution in [0.15, 0.2) is 77.9 Å². The average Bonchev–Trinajstić information content (AvgIpc) is 3.09. The highest BCUT2D eigenvalue weighted by Crippen LogP contribution is 2.60. The Hall–Kier alpha value is -3.73. The molecule has 0 aromatic heterocycles. The fraction of sp³-hybridized carbons (Fsp3) is 0.222. The summed E-state index contributed by atoms with van der Waals surface area (Å²) < 4.78 is 5.65. The Balaban J connectivity index is 1.42. The van der Waals surface area contributed by atoms with Gasteiger partial charge in [-0.15, -0.1) is 0 Å². The van der Waals surface area contributed by atoms with Gasteiger partial charge < -0.3 is 4.74 Å². The number of amides is 2. The fourth-order valence-electron chi connectivity index (χ4n) is 5.77. The van der Waals surface area contributed by atoms with Crippen molar-refractivity contribution in [1.82, 2.24) is 5.01 Å². The number of rotatable bonds is 4. The number of para-hydroxylation sites is 1. The summed E-state index contributed by atoms with van der Waals surface area (Å²) in [5.74, 6) is -0.842. The van der Waals surface area contributed by atoms with Crippen molar-refractivity contribution in [3.8, 4) is 5.75 Å². The number of imide groups is 1. The smallest absolute Gasteiger partial charge is 0.254 e. The third-order valence-electron chi connectivity index (χ3n) is 6.96. The summed E-state index contributed by atoms with van der Waals surface area (Å²) in [5.41, 5.74) is 5.37. The second-order valence-corrected chi connectivity index (χ2v) is 8.47. The molecule has 0 saturated carbocycles. The van der Waals surface area contributed by atoms with E-state index in [2.05, 4.69) is 29.4 Å². The van der Waals surface area contributed by atoms with Gasteiger partial charge in [0.05, 0.1) is 24.7 Å². The molecule has 1 aliphatic heterocycles. The van der Waals surface area contributed by atoms with Crippen molar-refractivity contribution in [1.29, 1.82) is 0 Å². The molecule has 0 N–H and O–H groups in total. The van der Waals surface area contributed by atoms with Gasteiger partial charge in [-0.1, -0.05) is 60.7 Å². The first-order valence-corrected chi connectivity index (χ1v) is 11.0. The molecule has 1 saturated heterocycles. The van der Waals surface area contributed by atoms with Crippen LogP contribution in [-0.2, 0) is 9.59 Å². The zero-order valence-electron chi connectivity index (χ0n) is 17.6. The van der Waals surface area contributed by atoms with Crippen LogP contribution < -0.4 is 4.74 Å². The lowest BCUT2D eigenvalue weighted by Crippen LogP contribution is -2.41. The third kappa shape index (κ3) is 2.54. The standard InChI is InChI=1S/C27H22N2O3/c1-2-32-21-14-8-3-9-16(21)15-28-29-26(30)24-22-17-10-4-5-11-18(17)23(25(24)27(29)31)20-13-7-6-12-19(20)22/h3-15,22-25H,2H2,1H3/b28-15-/t22?,23?,24-,25-/m1/s1. The average molecular weight is 422 g/mol. The molecule has 3 aromatic rings. The van der Waals surface area contributed by atoms with Crippen molar-refractivity contribution in [2.75, 3.05) is 6.61 Å². The molecule has 4 aliphatic rings. The second-order valence-electron chi connectivity index (χ2n) is 8.47. The van der Waals surface area contributed by atoms with Gasteiger partial charge in [0.2, 0.25) is 0 Å². The van der Waals surface area contributed by atoms with E-state index in [4.69, 9.17) is 4.74 Å². The van der Waals surface area contributed by atoms with Crippen LogP contribution in [0.25, 0.3) is 0 Å². The van der Waals surface area contributed by atoms with Gasteiger partial charge in [0.15, 0.2) is 0 Å². The zero-order valence-corrected chi connectivity index (χ0v) is 17.6. The van der Waals surface area contributed by atoms with Crippen molar-refractivity contribution in [2.24, 2.45) is 16.9 Å². The Morgan fingerprint density at radius 1 is 0.781 bits per heavy atom. The zero-order chi connectivity index (χ0) is 21.8. The molecular formula is C27H22N2O3. The molecule has 3 aromatic carbocycles. The van der Waals surface area contributed by atoms with Crippen molar-refractivity contribution in [3.05, 3.63) is 101 Å². The van der Waals surface area contributed by atoms with Gasteiger partial charge in [-0.3, -0.25) is 9.59 Å². The minimum atomic E-state index is -0.420. The molecule has 0 unspecified atom stereocenters. The Kier molecular flexibility index (Phi) is 4.25. The number of benzene rings is 3. The molecule has 1 fully saturated rings. The summed E-state index contributed by atoms with van der Waals surface area (Å²) in [6.45, 7) is 2.44. The van der Waals surface area contributed by atoms with E-state index in [1.54, 1.807) is 6.21 Å². The molecule has 5 nitrogen and oxygen atoms in total. The third-order valence-corrected chi connectivity index (χ3v) is 6.96. The highest BCUT2D eigenvalue weighted by atomic mass is 16.5. The second kappa shape index (κ2) is 7.16. The van der Waals surface area contributed by atoms with Gasteiger partial charge in [-0.05, 0) is 41.3 Å². The Labute approximate surface area is 186 Å². The molecule has 2 atom stereocenters. The highest BCUT2D eigenvalue weighted by Gasteiger charge is 2.61. The van der Waals surface area contributed by atoms with Crippen molar-refractivity contribution < 1.29 is 14.3 Å². The quantitative estimate of drug-likeness (QED) is 0.465. The van der Waals surface area contributed by atoms with E-state index in [9.17, 15) is 9.59 Å². The first-order valence-electron chi connectivity index (χ1n) is 11.0. The first-order chi connectivity index (χ1) is 15.7. The van der Waals surface area contributed by atoms with E-state index in [-0.39, 0.29) is 23.7 Å². The number of hydrazone groups is 1. The Morgan fingerprint density at radius 2 is 1.25 bits per heavy atom. The summed E-state index contributed by atoms with van der Waals surface area (Å²) >= 11 is 0. The molecule has 32 heavy (non-hydrogen) atoms. The maximum atomic E-state index is 13.6. The van der Waals surface area contributed by atoms with Crippen LogP contribution >= 0.6 is 0 Å². The van der Waals surface area contributed by atoms with E-state index >= 15 is 0 Å².